The summed E-state index contributed by atoms with van der Waals surface area (Å²) in [5.41, 5.74) is 0.785. The van der Waals surface area contributed by atoms with Crippen LogP contribution in [0.5, 0.6) is 0 Å². The van der Waals surface area contributed by atoms with Gasteiger partial charge in [-0.3, -0.25) is 9.69 Å². The topological polar surface area (TPSA) is 52.2 Å². The largest absolute Gasteiger partial charge is 0.347 e. The van der Waals surface area contributed by atoms with E-state index >= 15 is 0 Å². The number of hydrogen-bond acceptors (Lipinski definition) is 4. The standard InChI is InChI=1S/C13H16N4OS/c1-16-5-6-17(13(18)10-2-7-19-9-10)8-11(16)12-14-3-4-15-12/h2-4,7,9,11H,5-6,8H2,1H3,(H,14,15). The number of nitrogens with one attached hydrogen (secondary N) is 1. The first-order chi connectivity index (χ1) is 9.25. The van der Waals surface area contributed by atoms with Crippen LogP contribution in [-0.4, -0.2) is 52.4 Å². The van der Waals surface area contributed by atoms with Crippen molar-refractivity contribution in [3.8, 4) is 0 Å². The maximum atomic E-state index is 12.4. The highest BCUT2D eigenvalue weighted by Crippen LogP contribution is 2.22. The number of H-pyrrole nitrogens is 1. The molecule has 1 N–H and O–H groups in total. The van der Waals surface area contributed by atoms with Crippen molar-refractivity contribution >= 4 is 17.2 Å². The molecule has 0 aromatic carbocycles. The van der Waals surface area contributed by atoms with Crippen LogP contribution in [0.2, 0.25) is 0 Å². The van der Waals surface area contributed by atoms with E-state index in [9.17, 15) is 4.79 Å². The second-order valence-corrected chi connectivity index (χ2v) is 5.51. The Morgan fingerprint density at radius 1 is 1.53 bits per heavy atom. The van der Waals surface area contributed by atoms with Crippen LogP contribution in [0.15, 0.2) is 29.2 Å². The molecule has 0 saturated carbocycles. The number of piperazine rings is 1. The predicted molar refractivity (Wildman–Crippen MR) is 74.2 cm³/mol. The second-order valence-electron chi connectivity index (χ2n) is 4.73. The lowest BCUT2D eigenvalue weighted by atomic mass is 10.1. The number of imidazole rings is 1. The lowest BCUT2D eigenvalue weighted by molar-refractivity contribution is 0.0535. The molecular weight excluding hydrogens is 260 g/mol. The molecule has 0 aliphatic carbocycles. The number of carbonyl (C=O) groups excluding carboxylic acids is 1. The number of nitrogens with zero attached hydrogens (tertiary/aromatic N) is 3. The van der Waals surface area contributed by atoms with Gasteiger partial charge >= 0.3 is 0 Å². The van der Waals surface area contributed by atoms with E-state index in [1.165, 1.54) is 0 Å². The molecule has 0 radical (unpaired) electrons. The molecule has 0 spiro atoms. The van der Waals surface area contributed by atoms with E-state index in [2.05, 4.69) is 21.9 Å². The van der Waals surface area contributed by atoms with Gasteiger partial charge in [0.25, 0.3) is 5.91 Å². The molecule has 2 aromatic heterocycles. The molecule has 1 amide bonds. The Hall–Kier alpha value is -1.66. The van der Waals surface area contributed by atoms with Gasteiger partial charge < -0.3 is 9.88 Å². The first-order valence-electron chi connectivity index (χ1n) is 6.26. The molecule has 19 heavy (non-hydrogen) atoms. The average Bonchev–Trinajstić information content (AvgIpc) is 3.12. The van der Waals surface area contributed by atoms with Crippen molar-refractivity contribution in [2.75, 3.05) is 26.7 Å². The quantitative estimate of drug-likeness (QED) is 0.906. The van der Waals surface area contributed by atoms with E-state index in [0.717, 1.165) is 24.5 Å². The fraction of sp³-hybridized carbons (Fsp3) is 0.385. The number of hydrogen-bond donors (Lipinski definition) is 1. The highest BCUT2D eigenvalue weighted by molar-refractivity contribution is 7.08. The molecule has 6 heteroatoms. The summed E-state index contributed by atoms with van der Waals surface area (Å²) in [6.07, 6.45) is 3.58. The fourth-order valence-electron chi connectivity index (χ4n) is 2.38. The van der Waals surface area contributed by atoms with E-state index < -0.39 is 0 Å². The van der Waals surface area contributed by atoms with Crippen molar-refractivity contribution in [2.24, 2.45) is 0 Å². The molecule has 1 fully saturated rings. The van der Waals surface area contributed by atoms with Crippen LogP contribution in [-0.2, 0) is 0 Å². The van der Waals surface area contributed by atoms with Gasteiger partial charge in [-0.25, -0.2) is 4.98 Å². The SMILES string of the molecule is CN1CCN(C(=O)c2ccsc2)CC1c1ncc[nH]1. The number of aromatic amines is 1. The first-order valence-corrected chi connectivity index (χ1v) is 7.21. The highest BCUT2D eigenvalue weighted by atomic mass is 32.1. The highest BCUT2D eigenvalue weighted by Gasteiger charge is 2.30. The minimum absolute atomic E-state index is 0.117. The summed E-state index contributed by atoms with van der Waals surface area (Å²) in [5, 5.41) is 3.84. The summed E-state index contributed by atoms with van der Waals surface area (Å²) in [5.74, 6) is 1.04. The van der Waals surface area contributed by atoms with Crippen LogP contribution in [0.4, 0.5) is 0 Å². The number of amides is 1. The Labute approximate surface area is 115 Å². The number of thiophene rings is 1. The molecule has 3 heterocycles. The number of rotatable bonds is 2. The molecule has 0 bridgehead atoms. The monoisotopic (exact) mass is 276 g/mol. The van der Waals surface area contributed by atoms with Gasteiger partial charge in [-0.2, -0.15) is 11.3 Å². The molecule has 1 atom stereocenters. The number of carbonyl (C=O) groups is 1. The van der Waals surface area contributed by atoms with Gasteiger partial charge in [0.15, 0.2) is 0 Å². The molecule has 1 unspecified atom stereocenters. The van der Waals surface area contributed by atoms with E-state index in [0.29, 0.717) is 6.54 Å². The van der Waals surface area contributed by atoms with Crippen molar-refractivity contribution in [1.29, 1.82) is 0 Å². The van der Waals surface area contributed by atoms with Gasteiger partial charge in [0.05, 0.1) is 11.6 Å². The Morgan fingerprint density at radius 3 is 3.11 bits per heavy atom. The van der Waals surface area contributed by atoms with Crippen molar-refractivity contribution in [3.05, 3.63) is 40.6 Å². The first kappa shape index (κ1) is 12.4. The third-order valence-electron chi connectivity index (χ3n) is 3.54. The molecule has 1 aliphatic rings. The van der Waals surface area contributed by atoms with Gasteiger partial charge in [-0.05, 0) is 18.5 Å². The minimum Gasteiger partial charge on any atom is -0.347 e. The minimum atomic E-state index is 0.117. The van der Waals surface area contributed by atoms with E-state index in [-0.39, 0.29) is 11.9 Å². The smallest absolute Gasteiger partial charge is 0.254 e. The summed E-state index contributed by atoms with van der Waals surface area (Å²) in [4.78, 5) is 24.0. The van der Waals surface area contributed by atoms with Crippen molar-refractivity contribution in [1.82, 2.24) is 19.8 Å². The van der Waals surface area contributed by atoms with Crippen LogP contribution >= 0.6 is 11.3 Å². The zero-order valence-corrected chi connectivity index (χ0v) is 11.6. The van der Waals surface area contributed by atoms with Gasteiger partial charge in [-0.15, -0.1) is 0 Å². The summed E-state index contributed by atoms with van der Waals surface area (Å²) >= 11 is 1.55. The van der Waals surface area contributed by atoms with Crippen LogP contribution < -0.4 is 0 Å². The maximum Gasteiger partial charge on any atom is 0.254 e. The van der Waals surface area contributed by atoms with Gasteiger partial charge in [0.2, 0.25) is 0 Å². The Bertz CT molecular complexity index is 537. The second kappa shape index (κ2) is 5.14. The molecule has 1 aliphatic heterocycles. The van der Waals surface area contributed by atoms with E-state index in [1.807, 2.05) is 27.9 Å². The summed E-state index contributed by atoms with van der Waals surface area (Å²) < 4.78 is 0. The Kier molecular flexibility index (Phi) is 3.35. The lowest BCUT2D eigenvalue weighted by Crippen LogP contribution is -2.49. The average molecular weight is 276 g/mol. The third-order valence-corrected chi connectivity index (χ3v) is 4.22. The molecule has 5 nitrogen and oxygen atoms in total. The van der Waals surface area contributed by atoms with Crippen molar-refractivity contribution in [3.63, 3.8) is 0 Å². The molecular formula is C13H16N4OS. The van der Waals surface area contributed by atoms with Crippen LogP contribution in [0.25, 0.3) is 0 Å². The fourth-order valence-corrected chi connectivity index (χ4v) is 3.01. The summed E-state index contributed by atoms with van der Waals surface area (Å²) in [6.45, 7) is 2.31. The predicted octanol–water partition coefficient (Wildman–Crippen LogP) is 1.60. The molecule has 3 rings (SSSR count). The summed E-state index contributed by atoms with van der Waals surface area (Å²) in [6, 6.07) is 2.03. The molecule has 2 aromatic rings. The third kappa shape index (κ3) is 2.41. The number of likely N-dealkylation sites (N-methyl/N-ethyl adjacent to an activating group) is 1. The summed E-state index contributed by atoms with van der Waals surface area (Å²) in [7, 11) is 2.07. The lowest BCUT2D eigenvalue weighted by Gasteiger charge is -2.38. The maximum absolute atomic E-state index is 12.4. The van der Waals surface area contributed by atoms with Gasteiger partial charge in [0.1, 0.15) is 5.82 Å². The van der Waals surface area contributed by atoms with Gasteiger partial charge in [0, 0.05) is 37.4 Å². The van der Waals surface area contributed by atoms with Crippen LogP contribution in [0, 0.1) is 0 Å². The van der Waals surface area contributed by atoms with E-state index in [1.54, 1.807) is 17.5 Å². The van der Waals surface area contributed by atoms with Crippen LogP contribution in [0.1, 0.15) is 22.2 Å². The Balaban J connectivity index is 1.77. The molecule has 1 saturated heterocycles. The normalized spacial score (nSPS) is 20.7. The van der Waals surface area contributed by atoms with Crippen LogP contribution in [0.3, 0.4) is 0 Å². The number of aromatic nitrogens is 2. The zero-order valence-electron chi connectivity index (χ0n) is 10.7. The van der Waals surface area contributed by atoms with Crippen molar-refractivity contribution < 1.29 is 4.79 Å². The van der Waals surface area contributed by atoms with E-state index in [4.69, 9.17) is 0 Å². The Morgan fingerprint density at radius 2 is 2.42 bits per heavy atom. The zero-order chi connectivity index (χ0) is 13.2. The van der Waals surface area contributed by atoms with Crippen molar-refractivity contribution in [2.45, 2.75) is 6.04 Å². The molecule has 100 valence electrons. The van der Waals surface area contributed by atoms with Gasteiger partial charge in [-0.1, -0.05) is 0 Å².